The lowest BCUT2D eigenvalue weighted by atomic mass is 10.1. The molecule has 1 atom stereocenters. The summed E-state index contributed by atoms with van der Waals surface area (Å²) < 4.78 is 5.26. The third-order valence-corrected chi connectivity index (χ3v) is 4.77. The Morgan fingerprint density at radius 2 is 1.81 bits per heavy atom. The van der Waals surface area contributed by atoms with Crippen LogP contribution in [0.5, 0.6) is 5.75 Å². The van der Waals surface area contributed by atoms with Gasteiger partial charge in [0.1, 0.15) is 11.8 Å². The minimum Gasteiger partial charge on any atom is -0.497 e. The summed E-state index contributed by atoms with van der Waals surface area (Å²) in [6.45, 7) is 15.2. The van der Waals surface area contributed by atoms with Gasteiger partial charge in [0.25, 0.3) is 0 Å². The molecule has 5 heteroatoms. The van der Waals surface area contributed by atoms with Crippen molar-refractivity contribution in [2.75, 3.05) is 45.2 Å². The van der Waals surface area contributed by atoms with Crippen LogP contribution in [0.3, 0.4) is 0 Å². The Hall–Kier alpha value is -1.59. The van der Waals surface area contributed by atoms with Crippen LogP contribution in [0.15, 0.2) is 18.2 Å². The zero-order chi connectivity index (χ0) is 19.5. The maximum absolute atomic E-state index is 13.1. The molecular formula is C21H37N3O2. The van der Waals surface area contributed by atoms with E-state index in [0.717, 1.165) is 62.6 Å². The molecule has 148 valence electrons. The molecule has 0 aromatic heterocycles. The Bertz CT molecular complexity index is 548. The van der Waals surface area contributed by atoms with Crippen molar-refractivity contribution < 1.29 is 9.53 Å². The number of nitrogens with one attached hydrogen (secondary N) is 1. The Balaban J connectivity index is 2.98. The summed E-state index contributed by atoms with van der Waals surface area (Å²) in [7, 11) is 1.65. The Morgan fingerprint density at radius 1 is 1.12 bits per heavy atom. The number of rotatable bonds is 12. The predicted octanol–water partition coefficient (Wildman–Crippen LogP) is 3.77. The number of anilines is 1. The van der Waals surface area contributed by atoms with Crippen molar-refractivity contribution in [3.05, 3.63) is 23.8 Å². The highest BCUT2D eigenvalue weighted by Gasteiger charge is 2.26. The van der Waals surface area contributed by atoms with Gasteiger partial charge in [-0.3, -0.25) is 9.69 Å². The molecule has 0 radical (unpaired) electrons. The zero-order valence-electron chi connectivity index (χ0n) is 17.5. The van der Waals surface area contributed by atoms with E-state index >= 15 is 0 Å². The van der Waals surface area contributed by atoms with Gasteiger partial charge in [-0.05, 0) is 69.7 Å². The lowest BCUT2D eigenvalue weighted by Crippen LogP contribution is -2.51. The monoisotopic (exact) mass is 363 g/mol. The minimum absolute atomic E-state index is 0.0723. The van der Waals surface area contributed by atoms with Crippen molar-refractivity contribution in [3.63, 3.8) is 0 Å². The third kappa shape index (κ3) is 6.61. The molecule has 0 aliphatic carbocycles. The first-order valence-electron chi connectivity index (χ1n) is 9.92. The molecule has 0 spiro atoms. The second-order valence-electron chi connectivity index (χ2n) is 6.71. The molecule has 1 unspecified atom stereocenters. The van der Waals surface area contributed by atoms with Crippen LogP contribution in [0.4, 0.5) is 5.69 Å². The molecule has 5 nitrogen and oxygen atoms in total. The van der Waals surface area contributed by atoms with E-state index in [-0.39, 0.29) is 11.9 Å². The zero-order valence-corrected chi connectivity index (χ0v) is 17.5. The number of hydrogen-bond acceptors (Lipinski definition) is 4. The topological polar surface area (TPSA) is 44.8 Å². The van der Waals surface area contributed by atoms with E-state index in [2.05, 4.69) is 42.8 Å². The summed E-state index contributed by atoms with van der Waals surface area (Å²) in [5.74, 6) is 0.876. The molecule has 0 saturated heterocycles. The first-order chi connectivity index (χ1) is 12.5. The molecule has 1 rings (SSSR count). The lowest BCUT2D eigenvalue weighted by molar-refractivity contribution is -0.122. The summed E-state index contributed by atoms with van der Waals surface area (Å²) >= 11 is 0. The fraction of sp³-hybridized carbons (Fsp3) is 0.667. The highest BCUT2D eigenvalue weighted by Crippen LogP contribution is 2.21. The molecule has 1 aromatic carbocycles. The molecule has 0 fully saturated rings. The second-order valence-corrected chi connectivity index (χ2v) is 6.71. The van der Waals surface area contributed by atoms with Gasteiger partial charge in [0.15, 0.2) is 0 Å². The van der Waals surface area contributed by atoms with Crippen LogP contribution in [0, 0.1) is 6.92 Å². The molecule has 0 heterocycles. The van der Waals surface area contributed by atoms with Crippen LogP contribution in [0.1, 0.15) is 46.1 Å². The van der Waals surface area contributed by atoms with Gasteiger partial charge in [-0.15, -0.1) is 0 Å². The van der Waals surface area contributed by atoms with Gasteiger partial charge in [-0.2, -0.15) is 0 Å². The van der Waals surface area contributed by atoms with E-state index in [4.69, 9.17) is 4.74 Å². The summed E-state index contributed by atoms with van der Waals surface area (Å²) in [5.41, 5.74) is 1.86. The number of ether oxygens (including phenoxy) is 1. The van der Waals surface area contributed by atoms with Gasteiger partial charge >= 0.3 is 0 Å². The average molecular weight is 364 g/mol. The number of carbonyl (C=O) groups excluding carboxylic acids is 1. The highest BCUT2D eigenvalue weighted by molar-refractivity contribution is 5.95. The van der Waals surface area contributed by atoms with Gasteiger partial charge in [-0.25, -0.2) is 0 Å². The summed E-state index contributed by atoms with van der Waals surface area (Å²) in [6.07, 6.45) is 2.14. The number of benzene rings is 1. The van der Waals surface area contributed by atoms with E-state index in [1.54, 1.807) is 7.11 Å². The Labute approximate surface area is 159 Å². The number of nitrogens with zero attached hydrogens (tertiary/aromatic N) is 2. The quantitative estimate of drug-likeness (QED) is 0.614. The van der Waals surface area contributed by atoms with E-state index in [0.29, 0.717) is 0 Å². The van der Waals surface area contributed by atoms with Crippen molar-refractivity contribution in [1.82, 2.24) is 9.80 Å². The number of aryl methyl sites for hydroxylation is 1. The average Bonchev–Trinajstić information content (AvgIpc) is 2.64. The molecule has 1 amide bonds. The van der Waals surface area contributed by atoms with E-state index < -0.39 is 0 Å². The van der Waals surface area contributed by atoms with Crippen LogP contribution in [0.2, 0.25) is 0 Å². The maximum atomic E-state index is 13.1. The lowest BCUT2D eigenvalue weighted by Gasteiger charge is -2.33. The predicted molar refractivity (Wildman–Crippen MR) is 110 cm³/mol. The van der Waals surface area contributed by atoms with Crippen LogP contribution in [-0.2, 0) is 4.79 Å². The van der Waals surface area contributed by atoms with E-state index in [9.17, 15) is 4.79 Å². The van der Waals surface area contributed by atoms with Gasteiger partial charge < -0.3 is 15.0 Å². The van der Waals surface area contributed by atoms with E-state index in [1.807, 2.05) is 25.1 Å². The molecule has 0 aliphatic rings. The fourth-order valence-corrected chi connectivity index (χ4v) is 3.24. The first-order valence-corrected chi connectivity index (χ1v) is 9.92. The number of carbonyl (C=O) groups is 1. The number of hydrogen-bond donors (Lipinski definition) is 1. The molecule has 0 bridgehead atoms. The minimum atomic E-state index is -0.145. The van der Waals surface area contributed by atoms with Crippen LogP contribution in [0.25, 0.3) is 0 Å². The van der Waals surface area contributed by atoms with Crippen LogP contribution in [-0.4, -0.2) is 61.6 Å². The standard InChI is InChI=1S/C21H37N3O2/c1-7-13-23(9-3)16-20(24(10-4)14-8-2)21(25)22-19-12-11-18(26-6)15-17(19)5/h11-12,15,20H,7-10,13-14,16H2,1-6H3,(H,22,25). The summed E-state index contributed by atoms with van der Waals surface area (Å²) in [6, 6.07) is 5.61. The highest BCUT2D eigenvalue weighted by atomic mass is 16.5. The third-order valence-electron chi connectivity index (χ3n) is 4.77. The van der Waals surface area contributed by atoms with Gasteiger partial charge in [0.2, 0.25) is 5.91 Å². The van der Waals surface area contributed by atoms with Crippen molar-refractivity contribution in [3.8, 4) is 5.75 Å². The van der Waals surface area contributed by atoms with Crippen molar-refractivity contribution >= 4 is 11.6 Å². The van der Waals surface area contributed by atoms with Gasteiger partial charge in [0.05, 0.1) is 7.11 Å². The molecular weight excluding hydrogens is 326 g/mol. The van der Waals surface area contributed by atoms with Crippen molar-refractivity contribution in [1.29, 1.82) is 0 Å². The molecule has 26 heavy (non-hydrogen) atoms. The van der Waals surface area contributed by atoms with Gasteiger partial charge in [-0.1, -0.05) is 27.7 Å². The smallest absolute Gasteiger partial charge is 0.243 e. The number of amides is 1. The maximum Gasteiger partial charge on any atom is 0.243 e. The normalized spacial score (nSPS) is 12.5. The molecule has 0 aliphatic heterocycles. The van der Waals surface area contributed by atoms with E-state index in [1.165, 1.54) is 0 Å². The fourth-order valence-electron chi connectivity index (χ4n) is 3.24. The van der Waals surface area contributed by atoms with Gasteiger partial charge in [0, 0.05) is 12.2 Å². The number of likely N-dealkylation sites (N-methyl/N-ethyl adjacent to an activating group) is 2. The Kier molecular flexibility index (Phi) is 10.3. The summed E-state index contributed by atoms with van der Waals surface area (Å²) in [4.78, 5) is 17.8. The Morgan fingerprint density at radius 3 is 2.31 bits per heavy atom. The van der Waals surface area contributed by atoms with Crippen LogP contribution >= 0.6 is 0 Å². The first kappa shape index (κ1) is 22.5. The van der Waals surface area contributed by atoms with Crippen molar-refractivity contribution in [2.45, 2.75) is 53.5 Å². The molecule has 0 saturated carbocycles. The molecule has 1 aromatic rings. The SMILES string of the molecule is CCCN(CC)CC(C(=O)Nc1ccc(OC)cc1C)N(CC)CCC. The van der Waals surface area contributed by atoms with Crippen LogP contribution < -0.4 is 10.1 Å². The molecule has 1 N–H and O–H groups in total. The summed E-state index contributed by atoms with van der Waals surface area (Å²) in [5, 5.41) is 3.14. The number of methoxy groups -OCH3 is 1. The second kappa shape index (κ2) is 11.9. The largest absolute Gasteiger partial charge is 0.497 e. The van der Waals surface area contributed by atoms with Crippen molar-refractivity contribution in [2.24, 2.45) is 0 Å².